The number of aromatic nitrogens is 4. The summed E-state index contributed by atoms with van der Waals surface area (Å²) in [7, 11) is 0. The summed E-state index contributed by atoms with van der Waals surface area (Å²) in [5.41, 5.74) is 4.21. The van der Waals surface area contributed by atoms with Crippen molar-refractivity contribution in [1.82, 2.24) is 19.7 Å². The van der Waals surface area contributed by atoms with Crippen LogP contribution in [0.1, 0.15) is 17.0 Å². The van der Waals surface area contributed by atoms with Crippen molar-refractivity contribution in [2.75, 3.05) is 5.32 Å². The van der Waals surface area contributed by atoms with Crippen molar-refractivity contribution in [1.29, 1.82) is 0 Å². The molecule has 0 amide bonds. The Balaban J connectivity index is 1.83. The quantitative estimate of drug-likeness (QED) is 0.597. The van der Waals surface area contributed by atoms with Gasteiger partial charge in [-0.05, 0) is 50.4 Å². The van der Waals surface area contributed by atoms with Crippen LogP contribution in [0.4, 0.5) is 11.5 Å². The number of anilines is 2. The normalized spacial score (nSPS) is 11.1. The maximum absolute atomic E-state index is 4.72. The fourth-order valence-corrected chi connectivity index (χ4v) is 3.40. The summed E-state index contributed by atoms with van der Waals surface area (Å²) >= 11 is 1.60. The number of rotatable bonds is 3. The molecule has 1 aromatic carbocycles. The zero-order chi connectivity index (χ0) is 16.7. The molecule has 0 atom stereocenters. The van der Waals surface area contributed by atoms with Crippen molar-refractivity contribution in [2.45, 2.75) is 20.8 Å². The lowest BCUT2D eigenvalue weighted by molar-refractivity contribution is 0.782. The van der Waals surface area contributed by atoms with E-state index in [0.717, 1.165) is 33.1 Å². The van der Waals surface area contributed by atoms with Crippen LogP contribution in [0.3, 0.4) is 0 Å². The van der Waals surface area contributed by atoms with Crippen LogP contribution in [0, 0.1) is 20.8 Å². The molecule has 0 aliphatic heterocycles. The van der Waals surface area contributed by atoms with Crippen molar-refractivity contribution >= 4 is 33.1 Å². The number of nitrogens with zero attached hydrogens (tertiary/aromatic N) is 4. The van der Waals surface area contributed by atoms with Gasteiger partial charge in [-0.2, -0.15) is 15.1 Å². The van der Waals surface area contributed by atoms with Gasteiger partial charge in [0.05, 0.1) is 11.1 Å². The van der Waals surface area contributed by atoms with E-state index in [-0.39, 0.29) is 0 Å². The highest BCUT2D eigenvalue weighted by atomic mass is 32.1. The van der Waals surface area contributed by atoms with E-state index in [4.69, 9.17) is 4.98 Å². The second-order valence-corrected chi connectivity index (χ2v) is 6.74. The van der Waals surface area contributed by atoms with Crippen LogP contribution in [-0.2, 0) is 0 Å². The lowest BCUT2D eigenvalue weighted by atomic mass is 10.2. The summed E-state index contributed by atoms with van der Waals surface area (Å²) < 4.78 is 1.79. The average molecular weight is 335 g/mol. The fourth-order valence-electron chi connectivity index (χ4n) is 2.64. The summed E-state index contributed by atoms with van der Waals surface area (Å²) in [6, 6.07) is 12.3. The van der Waals surface area contributed by atoms with Gasteiger partial charge in [0.2, 0.25) is 0 Å². The van der Waals surface area contributed by atoms with Crippen molar-refractivity contribution in [2.24, 2.45) is 0 Å². The highest BCUT2D eigenvalue weighted by Gasteiger charge is 2.13. The first-order valence-electron chi connectivity index (χ1n) is 7.73. The van der Waals surface area contributed by atoms with Crippen molar-refractivity contribution in [3.8, 4) is 5.95 Å². The SMILES string of the molecule is Cc1ccc(Nc2nc(-n3nc(C)cc3C)nc3sccc23)cc1. The second-order valence-electron chi connectivity index (χ2n) is 5.84. The largest absolute Gasteiger partial charge is 0.340 e. The van der Waals surface area contributed by atoms with E-state index in [1.54, 1.807) is 16.0 Å². The summed E-state index contributed by atoms with van der Waals surface area (Å²) in [5, 5.41) is 11.0. The maximum Gasteiger partial charge on any atom is 0.254 e. The Bertz CT molecular complexity index is 1010. The summed E-state index contributed by atoms with van der Waals surface area (Å²) in [5.74, 6) is 1.39. The molecule has 0 unspecified atom stereocenters. The van der Waals surface area contributed by atoms with E-state index in [2.05, 4.69) is 46.6 Å². The molecular formula is C18H17N5S. The molecule has 5 nitrogen and oxygen atoms in total. The third-order valence-electron chi connectivity index (χ3n) is 3.83. The molecule has 3 heterocycles. The van der Waals surface area contributed by atoms with Gasteiger partial charge < -0.3 is 5.32 Å². The molecule has 3 aromatic heterocycles. The van der Waals surface area contributed by atoms with Crippen molar-refractivity contribution in [3.63, 3.8) is 0 Å². The zero-order valence-electron chi connectivity index (χ0n) is 13.7. The molecule has 0 fully saturated rings. The maximum atomic E-state index is 4.72. The van der Waals surface area contributed by atoms with E-state index in [1.807, 2.05) is 31.4 Å². The Morgan fingerprint density at radius 1 is 1.00 bits per heavy atom. The summed E-state index contributed by atoms with van der Waals surface area (Å²) in [6.07, 6.45) is 0. The number of fused-ring (bicyclic) bond motifs is 1. The predicted molar refractivity (Wildman–Crippen MR) is 98.5 cm³/mol. The molecule has 0 saturated carbocycles. The third-order valence-corrected chi connectivity index (χ3v) is 4.63. The Morgan fingerprint density at radius 3 is 2.50 bits per heavy atom. The first-order valence-corrected chi connectivity index (χ1v) is 8.61. The van der Waals surface area contributed by atoms with Crippen LogP contribution < -0.4 is 5.32 Å². The van der Waals surface area contributed by atoms with Gasteiger partial charge in [-0.3, -0.25) is 0 Å². The molecule has 0 saturated heterocycles. The molecule has 4 aromatic rings. The first-order chi connectivity index (χ1) is 11.6. The minimum atomic E-state index is 0.588. The van der Waals surface area contributed by atoms with Gasteiger partial charge in [0.25, 0.3) is 5.95 Å². The fraction of sp³-hybridized carbons (Fsp3) is 0.167. The predicted octanol–water partition coefficient (Wildman–Crippen LogP) is 4.55. The lowest BCUT2D eigenvalue weighted by Crippen LogP contribution is -2.07. The number of benzene rings is 1. The highest BCUT2D eigenvalue weighted by molar-refractivity contribution is 7.16. The van der Waals surface area contributed by atoms with Gasteiger partial charge in [-0.25, -0.2) is 4.68 Å². The molecule has 0 bridgehead atoms. The summed E-state index contributed by atoms with van der Waals surface area (Å²) in [4.78, 5) is 10.3. The van der Waals surface area contributed by atoms with Crippen LogP contribution in [-0.4, -0.2) is 19.7 Å². The first kappa shape index (κ1) is 14.8. The Labute approximate surface area is 144 Å². The average Bonchev–Trinajstić information content (AvgIpc) is 3.15. The van der Waals surface area contributed by atoms with Gasteiger partial charge in [-0.1, -0.05) is 17.7 Å². The number of thiophene rings is 1. The van der Waals surface area contributed by atoms with E-state index >= 15 is 0 Å². The molecule has 0 aliphatic carbocycles. The second kappa shape index (κ2) is 5.72. The van der Waals surface area contributed by atoms with Crippen LogP contribution in [0.15, 0.2) is 41.8 Å². The van der Waals surface area contributed by atoms with Gasteiger partial charge in [0.15, 0.2) is 0 Å². The Hall–Kier alpha value is -2.73. The van der Waals surface area contributed by atoms with Crippen LogP contribution >= 0.6 is 11.3 Å². The molecule has 0 radical (unpaired) electrons. The molecule has 0 spiro atoms. The summed E-state index contributed by atoms with van der Waals surface area (Å²) in [6.45, 7) is 6.06. The Kier molecular flexibility index (Phi) is 3.54. The number of aryl methyl sites for hydroxylation is 3. The van der Waals surface area contributed by atoms with Crippen LogP contribution in [0.5, 0.6) is 0 Å². The molecule has 24 heavy (non-hydrogen) atoms. The Morgan fingerprint density at radius 2 is 1.79 bits per heavy atom. The lowest BCUT2D eigenvalue weighted by Gasteiger charge is -2.10. The molecule has 6 heteroatoms. The number of hydrogen-bond donors (Lipinski definition) is 1. The third kappa shape index (κ3) is 2.65. The van der Waals surface area contributed by atoms with Crippen LogP contribution in [0.2, 0.25) is 0 Å². The van der Waals surface area contributed by atoms with Crippen molar-refractivity contribution in [3.05, 3.63) is 58.7 Å². The van der Waals surface area contributed by atoms with E-state index in [1.165, 1.54) is 5.56 Å². The van der Waals surface area contributed by atoms with E-state index in [9.17, 15) is 0 Å². The highest BCUT2D eigenvalue weighted by Crippen LogP contribution is 2.28. The topological polar surface area (TPSA) is 55.6 Å². The standard InChI is InChI=1S/C18H17N5S/c1-11-4-6-14(7-5-11)19-16-15-8-9-24-17(15)21-18(20-16)23-13(3)10-12(2)22-23/h4-10H,1-3H3,(H,19,20,21). The molecule has 0 aliphatic rings. The smallest absolute Gasteiger partial charge is 0.254 e. The number of hydrogen-bond acceptors (Lipinski definition) is 5. The van der Waals surface area contributed by atoms with E-state index in [0.29, 0.717) is 5.95 Å². The van der Waals surface area contributed by atoms with Gasteiger partial charge >= 0.3 is 0 Å². The van der Waals surface area contributed by atoms with Gasteiger partial charge in [-0.15, -0.1) is 11.3 Å². The monoisotopic (exact) mass is 335 g/mol. The zero-order valence-corrected chi connectivity index (χ0v) is 14.6. The van der Waals surface area contributed by atoms with Crippen LogP contribution in [0.25, 0.3) is 16.2 Å². The molecule has 1 N–H and O–H groups in total. The minimum absolute atomic E-state index is 0.588. The van der Waals surface area contributed by atoms with Gasteiger partial charge in [0, 0.05) is 11.4 Å². The minimum Gasteiger partial charge on any atom is -0.340 e. The van der Waals surface area contributed by atoms with Crippen molar-refractivity contribution < 1.29 is 0 Å². The van der Waals surface area contributed by atoms with Gasteiger partial charge in [0.1, 0.15) is 10.6 Å². The molecule has 4 rings (SSSR count). The van der Waals surface area contributed by atoms with E-state index < -0.39 is 0 Å². The molecular weight excluding hydrogens is 318 g/mol. The number of nitrogens with one attached hydrogen (secondary N) is 1. The molecule has 120 valence electrons.